The fourth-order valence-corrected chi connectivity index (χ4v) is 6.09. The molecule has 0 aromatic carbocycles. The molecule has 0 fully saturated rings. The number of thiazole rings is 1. The number of hydrogen-bond acceptors (Lipinski definition) is 5. The summed E-state index contributed by atoms with van der Waals surface area (Å²) in [5, 5.41) is 4.92. The highest BCUT2D eigenvalue weighted by Gasteiger charge is 2.20. The number of thiophene rings is 1. The minimum atomic E-state index is 0.417. The van der Waals surface area contributed by atoms with Crippen LogP contribution in [0.25, 0.3) is 0 Å². The first-order valence-electron chi connectivity index (χ1n) is 7.53. The molecule has 2 aromatic rings. The molecule has 3 heterocycles. The molecule has 0 bridgehead atoms. The van der Waals surface area contributed by atoms with Gasteiger partial charge < -0.3 is 5.32 Å². The minimum Gasteiger partial charge on any atom is -0.309 e. The molecule has 1 N–H and O–H groups in total. The van der Waals surface area contributed by atoms with Crippen molar-refractivity contribution < 1.29 is 0 Å². The fraction of sp³-hybridized carbons (Fsp3) is 0.562. The van der Waals surface area contributed by atoms with Crippen LogP contribution in [0.3, 0.4) is 0 Å². The lowest BCUT2D eigenvalue weighted by molar-refractivity contribution is 0.556. The van der Waals surface area contributed by atoms with Gasteiger partial charge in [-0.2, -0.15) is 11.8 Å². The molecule has 21 heavy (non-hydrogen) atoms. The molecule has 0 amide bonds. The summed E-state index contributed by atoms with van der Waals surface area (Å²) in [5.41, 5.74) is 2.76. The van der Waals surface area contributed by atoms with Gasteiger partial charge in [0.05, 0.1) is 10.7 Å². The third-order valence-corrected chi connectivity index (χ3v) is 7.35. The van der Waals surface area contributed by atoms with E-state index in [1.165, 1.54) is 38.4 Å². The van der Waals surface area contributed by atoms with Crippen LogP contribution in [0.4, 0.5) is 0 Å². The lowest BCUT2D eigenvalue weighted by Crippen LogP contribution is -2.22. The van der Waals surface area contributed by atoms with Crippen LogP contribution in [0.1, 0.15) is 43.9 Å². The molecule has 0 saturated carbocycles. The van der Waals surface area contributed by atoms with Crippen LogP contribution in [0.15, 0.2) is 6.07 Å². The molecule has 0 saturated heterocycles. The Morgan fingerprint density at radius 2 is 2.19 bits per heavy atom. The number of hydrogen-bond donors (Lipinski definition) is 1. The fourth-order valence-electron chi connectivity index (χ4n) is 2.66. The average molecular weight is 339 g/mol. The molecule has 0 radical (unpaired) electrons. The Hall–Kier alpha value is -0.360. The van der Waals surface area contributed by atoms with Crippen LogP contribution < -0.4 is 5.32 Å². The van der Waals surface area contributed by atoms with Crippen LogP contribution in [-0.4, -0.2) is 17.3 Å². The van der Waals surface area contributed by atoms with Gasteiger partial charge in [0.15, 0.2) is 0 Å². The number of rotatable bonds is 5. The normalized spacial score (nSPS) is 16.0. The SMILES string of the molecule is CCNC(Cc1nc(C)c(C)s1)c1cc2c(s1)CCSC2. The summed E-state index contributed by atoms with van der Waals surface area (Å²) < 4.78 is 0. The van der Waals surface area contributed by atoms with Crippen molar-refractivity contribution in [2.45, 2.75) is 45.4 Å². The van der Waals surface area contributed by atoms with Gasteiger partial charge in [0.25, 0.3) is 0 Å². The molecule has 2 aromatic heterocycles. The highest BCUT2D eigenvalue weighted by atomic mass is 32.2. The summed E-state index contributed by atoms with van der Waals surface area (Å²) in [7, 11) is 0. The molecule has 1 unspecified atom stereocenters. The predicted octanol–water partition coefficient (Wildman–Crippen LogP) is 4.50. The average Bonchev–Trinajstić information content (AvgIpc) is 3.02. The number of thioether (sulfide) groups is 1. The summed E-state index contributed by atoms with van der Waals surface area (Å²) in [6, 6.07) is 2.85. The summed E-state index contributed by atoms with van der Waals surface area (Å²) in [6.45, 7) is 7.47. The third-order valence-electron chi connectivity index (χ3n) is 3.89. The Labute approximate surface area is 139 Å². The second-order valence-electron chi connectivity index (χ2n) is 5.46. The summed E-state index contributed by atoms with van der Waals surface area (Å²) in [5.74, 6) is 2.48. The van der Waals surface area contributed by atoms with E-state index in [9.17, 15) is 0 Å². The van der Waals surface area contributed by atoms with Crippen LogP contribution in [0, 0.1) is 13.8 Å². The zero-order valence-electron chi connectivity index (χ0n) is 12.9. The molecular formula is C16H22N2S3. The maximum Gasteiger partial charge on any atom is 0.0950 e. The Morgan fingerprint density at radius 1 is 1.33 bits per heavy atom. The highest BCUT2D eigenvalue weighted by Crippen LogP contribution is 2.35. The van der Waals surface area contributed by atoms with Gasteiger partial charge in [-0.3, -0.25) is 0 Å². The molecule has 114 valence electrons. The van der Waals surface area contributed by atoms with E-state index in [-0.39, 0.29) is 0 Å². The van der Waals surface area contributed by atoms with Gasteiger partial charge in [0, 0.05) is 32.8 Å². The Morgan fingerprint density at radius 3 is 2.86 bits per heavy atom. The maximum atomic E-state index is 4.72. The molecule has 3 rings (SSSR count). The van der Waals surface area contributed by atoms with Crippen molar-refractivity contribution in [3.63, 3.8) is 0 Å². The van der Waals surface area contributed by atoms with E-state index >= 15 is 0 Å². The summed E-state index contributed by atoms with van der Waals surface area (Å²) in [4.78, 5) is 9.17. The number of nitrogens with one attached hydrogen (secondary N) is 1. The topological polar surface area (TPSA) is 24.9 Å². The molecule has 1 atom stereocenters. The van der Waals surface area contributed by atoms with Crippen molar-refractivity contribution >= 4 is 34.4 Å². The first-order valence-corrected chi connectivity index (χ1v) is 10.3. The zero-order valence-corrected chi connectivity index (χ0v) is 15.3. The largest absolute Gasteiger partial charge is 0.309 e. The van der Waals surface area contributed by atoms with Crippen LogP contribution >= 0.6 is 34.4 Å². The number of aromatic nitrogens is 1. The van der Waals surface area contributed by atoms with Crippen molar-refractivity contribution in [3.05, 3.63) is 37.0 Å². The predicted molar refractivity (Wildman–Crippen MR) is 95.9 cm³/mol. The van der Waals surface area contributed by atoms with Crippen LogP contribution in [-0.2, 0) is 18.6 Å². The van der Waals surface area contributed by atoms with Gasteiger partial charge in [0.1, 0.15) is 0 Å². The van der Waals surface area contributed by atoms with Gasteiger partial charge in [-0.05, 0) is 44.2 Å². The van der Waals surface area contributed by atoms with E-state index < -0.39 is 0 Å². The molecule has 0 aliphatic carbocycles. The van der Waals surface area contributed by atoms with Crippen LogP contribution in [0.2, 0.25) is 0 Å². The molecule has 5 heteroatoms. The second-order valence-corrected chi connectivity index (χ2v) is 9.02. The van der Waals surface area contributed by atoms with Crippen molar-refractivity contribution in [1.82, 2.24) is 10.3 Å². The molecule has 2 nitrogen and oxygen atoms in total. The van der Waals surface area contributed by atoms with E-state index in [1.54, 1.807) is 10.4 Å². The highest BCUT2D eigenvalue weighted by molar-refractivity contribution is 7.98. The lowest BCUT2D eigenvalue weighted by atomic mass is 10.1. The molecule has 0 spiro atoms. The Kier molecular flexibility index (Phi) is 5.04. The van der Waals surface area contributed by atoms with Crippen molar-refractivity contribution in [2.24, 2.45) is 0 Å². The maximum absolute atomic E-state index is 4.72. The summed E-state index contributed by atoms with van der Waals surface area (Å²) >= 11 is 5.92. The molecule has 1 aliphatic rings. The Bertz CT molecular complexity index is 572. The smallest absolute Gasteiger partial charge is 0.0950 e. The monoisotopic (exact) mass is 338 g/mol. The van der Waals surface area contributed by atoms with E-state index in [2.05, 4.69) is 43.9 Å². The zero-order chi connectivity index (χ0) is 14.8. The first-order chi connectivity index (χ1) is 10.2. The lowest BCUT2D eigenvalue weighted by Gasteiger charge is -2.14. The van der Waals surface area contributed by atoms with E-state index in [4.69, 9.17) is 4.98 Å². The first kappa shape index (κ1) is 15.5. The van der Waals surface area contributed by atoms with Crippen LogP contribution in [0.5, 0.6) is 0 Å². The Balaban J connectivity index is 1.81. The van der Waals surface area contributed by atoms with Crippen molar-refractivity contribution in [1.29, 1.82) is 0 Å². The van der Waals surface area contributed by atoms with E-state index in [0.29, 0.717) is 6.04 Å². The van der Waals surface area contributed by atoms with Gasteiger partial charge in [-0.15, -0.1) is 22.7 Å². The standard InChI is InChI=1S/C16H22N2S3/c1-4-17-13(8-16-18-10(2)11(3)20-16)15-7-12-9-19-6-5-14(12)21-15/h7,13,17H,4-6,8-9H2,1-3H3. The number of fused-ring (bicyclic) bond motifs is 1. The van der Waals surface area contributed by atoms with Crippen molar-refractivity contribution in [3.8, 4) is 0 Å². The third kappa shape index (κ3) is 3.52. The number of aryl methyl sites for hydroxylation is 3. The quantitative estimate of drug-likeness (QED) is 0.868. The van der Waals surface area contributed by atoms with E-state index in [0.717, 1.165) is 13.0 Å². The van der Waals surface area contributed by atoms with Crippen molar-refractivity contribution in [2.75, 3.05) is 12.3 Å². The number of nitrogens with zero attached hydrogens (tertiary/aromatic N) is 1. The van der Waals surface area contributed by atoms with Gasteiger partial charge in [-0.25, -0.2) is 4.98 Å². The molecule has 1 aliphatic heterocycles. The van der Waals surface area contributed by atoms with Gasteiger partial charge in [-0.1, -0.05) is 6.92 Å². The number of likely N-dealkylation sites (N-methyl/N-ethyl adjacent to an activating group) is 1. The minimum absolute atomic E-state index is 0.417. The summed E-state index contributed by atoms with van der Waals surface area (Å²) in [6.07, 6.45) is 2.26. The van der Waals surface area contributed by atoms with E-state index in [1.807, 2.05) is 22.7 Å². The van der Waals surface area contributed by atoms with Gasteiger partial charge in [0.2, 0.25) is 0 Å². The second kappa shape index (κ2) is 6.82. The van der Waals surface area contributed by atoms with Gasteiger partial charge >= 0.3 is 0 Å². The molecular weight excluding hydrogens is 316 g/mol.